The van der Waals surface area contributed by atoms with Gasteiger partial charge in [0.2, 0.25) is 0 Å². The van der Waals surface area contributed by atoms with Crippen molar-refractivity contribution < 1.29 is 0 Å². The van der Waals surface area contributed by atoms with Gasteiger partial charge in [0.05, 0.1) is 4.47 Å². The first kappa shape index (κ1) is 8.05. The molecule has 1 fully saturated rings. The van der Waals surface area contributed by atoms with Crippen molar-refractivity contribution in [3.8, 4) is 0 Å². The molecule has 1 saturated carbocycles. The van der Waals surface area contributed by atoms with Crippen molar-refractivity contribution in [1.29, 1.82) is 0 Å². The van der Waals surface area contributed by atoms with Gasteiger partial charge in [0, 0.05) is 19.3 Å². The molecule has 3 heteroatoms. The summed E-state index contributed by atoms with van der Waals surface area (Å²) in [4.78, 5) is 6.56. The standard InChI is InChI=1S/C9H11BrN2/c1-12(7-4-5-7)9-8(10)3-2-6-11-9/h2-3,6-7H,4-5H2,1H3. The first-order valence-corrected chi connectivity index (χ1v) is 4.91. The van der Waals surface area contributed by atoms with Gasteiger partial charge in [0.15, 0.2) is 0 Å². The number of hydrogen-bond acceptors (Lipinski definition) is 2. The second-order valence-electron chi connectivity index (χ2n) is 3.15. The molecule has 1 aliphatic rings. The number of halogens is 1. The van der Waals surface area contributed by atoms with E-state index in [0.717, 1.165) is 16.3 Å². The molecule has 2 nitrogen and oxygen atoms in total. The molecule has 2 rings (SSSR count). The Labute approximate surface area is 80.7 Å². The minimum Gasteiger partial charge on any atom is -0.356 e. The first-order valence-electron chi connectivity index (χ1n) is 4.12. The molecule has 0 amide bonds. The fourth-order valence-corrected chi connectivity index (χ4v) is 1.81. The Kier molecular flexibility index (Phi) is 2.05. The van der Waals surface area contributed by atoms with E-state index < -0.39 is 0 Å². The third kappa shape index (κ3) is 1.46. The van der Waals surface area contributed by atoms with Gasteiger partial charge in [0.25, 0.3) is 0 Å². The topological polar surface area (TPSA) is 16.1 Å². The summed E-state index contributed by atoms with van der Waals surface area (Å²) in [5.41, 5.74) is 0. The highest BCUT2D eigenvalue weighted by Crippen LogP contribution is 2.32. The molecule has 1 aliphatic carbocycles. The fourth-order valence-electron chi connectivity index (χ4n) is 1.27. The zero-order chi connectivity index (χ0) is 8.55. The van der Waals surface area contributed by atoms with Crippen LogP contribution in [0.5, 0.6) is 0 Å². The molecule has 0 aromatic carbocycles. The molecule has 1 aromatic rings. The SMILES string of the molecule is CN(c1ncccc1Br)C1CC1. The quantitative estimate of drug-likeness (QED) is 0.771. The van der Waals surface area contributed by atoms with Crippen LogP contribution >= 0.6 is 15.9 Å². The summed E-state index contributed by atoms with van der Waals surface area (Å²) in [6, 6.07) is 4.69. The molecule has 0 radical (unpaired) electrons. The van der Waals surface area contributed by atoms with Crippen LogP contribution in [0.25, 0.3) is 0 Å². The van der Waals surface area contributed by atoms with E-state index >= 15 is 0 Å². The minimum absolute atomic E-state index is 0.719. The minimum atomic E-state index is 0.719. The van der Waals surface area contributed by atoms with Crippen molar-refractivity contribution in [2.45, 2.75) is 18.9 Å². The second kappa shape index (κ2) is 3.05. The van der Waals surface area contributed by atoms with Crippen molar-refractivity contribution in [3.05, 3.63) is 22.8 Å². The van der Waals surface area contributed by atoms with Crippen molar-refractivity contribution in [2.24, 2.45) is 0 Å². The van der Waals surface area contributed by atoms with Gasteiger partial charge in [-0.2, -0.15) is 0 Å². The number of aromatic nitrogens is 1. The van der Waals surface area contributed by atoms with E-state index in [1.807, 2.05) is 18.3 Å². The van der Waals surface area contributed by atoms with Gasteiger partial charge in [-0.15, -0.1) is 0 Å². The summed E-state index contributed by atoms with van der Waals surface area (Å²) in [5, 5.41) is 0. The maximum Gasteiger partial charge on any atom is 0.142 e. The second-order valence-corrected chi connectivity index (χ2v) is 4.01. The lowest BCUT2D eigenvalue weighted by Crippen LogP contribution is -2.20. The van der Waals surface area contributed by atoms with Gasteiger partial charge >= 0.3 is 0 Å². The van der Waals surface area contributed by atoms with Crippen molar-refractivity contribution in [1.82, 2.24) is 4.98 Å². The van der Waals surface area contributed by atoms with Crippen LogP contribution in [0.2, 0.25) is 0 Å². The van der Waals surface area contributed by atoms with E-state index in [1.165, 1.54) is 12.8 Å². The smallest absolute Gasteiger partial charge is 0.142 e. The van der Waals surface area contributed by atoms with Gasteiger partial charge in [-0.25, -0.2) is 4.98 Å². The highest BCUT2D eigenvalue weighted by molar-refractivity contribution is 9.10. The molecule has 1 heterocycles. The number of hydrogen-bond donors (Lipinski definition) is 0. The summed E-state index contributed by atoms with van der Waals surface area (Å²) < 4.78 is 1.08. The maximum absolute atomic E-state index is 4.32. The van der Waals surface area contributed by atoms with Crippen molar-refractivity contribution in [2.75, 3.05) is 11.9 Å². The van der Waals surface area contributed by atoms with Crippen LogP contribution in [-0.2, 0) is 0 Å². The average molecular weight is 227 g/mol. The van der Waals surface area contributed by atoms with Crippen LogP contribution in [-0.4, -0.2) is 18.1 Å². The summed E-state index contributed by atoms with van der Waals surface area (Å²) in [6.07, 6.45) is 4.44. The van der Waals surface area contributed by atoms with E-state index in [-0.39, 0.29) is 0 Å². The van der Waals surface area contributed by atoms with Gasteiger partial charge in [-0.1, -0.05) is 0 Å². The Balaban J connectivity index is 2.25. The highest BCUT2D eigenvalue weighted by atomic mass is 79.9. The molecule has 0 aliphatic heterocycles. The molecule has 0 spiro atoms. The Morgan fingerprint density at radius 2 is 2.33 bits per heavy atom. The molecular formula is C9H11BrN2. The largest absolute Gasteiger partial charge is 0.356 e. The summed E-state index contributed by atoms with van der Waals surface area (Å²) >= 11 is 3.49. The third-order valence-corrected chi connectivity index (χ3v) is 2.79. The molecular weight excluding hydrogens is 216 g/mol. The zero-order valence-corrected chi connectivity index (χ0v) is 8.58. The average Bonchev–Trinajstić information content (AvgIpc) is 2.86. The number of rotatable bonds is 2. The van der Waals surface area contributed by atoms with Crippen LogP contribution in [0.3, 0.4) is 0 Å². The maximum atomic E-state index is 4.32. The van der Waals surface area contributed by atoms with Gasteiger partial charge < -0.3 is 4.90 Å². The predicted molar refractivity (Wildman–Crippen MR) is 53.4 cm³/mol. The molecule has 0 atom stereocenters. The Hall–Kier alpha value is -0.570. The van der Waals surface area contributed by atoms with E-state index in [4.69, 9.17) is 0 Å². The molecule has 12 heavy (non-hydrogen) atoms. The predicted octanol–water partition coefficient (Wildman–Crippen LogP) is 2.44. The van der Waals surface area contributed by atoms with Crippen molar-refractivity contribution in [3.63, 3.8) is 0 Å². The summed E-state index contributed by atoms with van der Waals surface area (Å²) in [5.74, 6) is 1.06. The molecule has 0 bridgehead atoms. The lowest BCUT2D eigenvalue weighted by atomic mass is 10.4. The van der Waals surface area contributed by atoms with Crippen LogP contribution in [0.4, 0.5) is 5.82 Å². The van der Waals surface area contributed by atoms with Crippen molar-refractivity contribution >= 4 is 21.7 Å². The lowest BCUT2D eigenvalue weighted by Gasteiger charge is -2.18. The zero-order valence-electron chi connectivity index (χ0n) is 7.00. The van der Waals surface area contributed by atoms with Crippen LogP contribution in [0.15, 0.2) is 22.8 Å². The Bertz CT molecular complexity index is 284. The van der Waals surface area contributed by atoms with Gasteiger partial charge in [-0.05, 0) is 40.9 Å². The van der Waals surface area contributed by atoms with Gasteiger partial charge in [-0.3, -0.25) is 0 Å². The Morgan fingerprint density at radius 3 is 2.92 bits per heavy atom. The van der Waals surface area contributed by atoms with Crippen LogP contribution in [0.1, 0.15) is 12.8 Å². The Morgan fingerprint density at radius 1 is 1.58 bits per heavy atom. The third-order valence-electron chi connectivity index (χ3n) is 2.17. The number of anilines is 1. The fraction of sp³-hybridized carbons (Fsp3) is 0.444. The molecule has 1 aromatic heterocycles. The van der Waals surface area contributed by atoms with E-state index in [9.17, 15) is 0 Å². The van der Waals surface area contributed by atoms with E-state index in [2.05, 4.69) is 32.9 Å². The van der Waals surface area contributed by atoms with Gasteiger partial charge in [0.1, 0.15) is 5.82 Å². The molecule has 0 N–H and O–H groups in total. The highest BCUT2D eigenvalue weighted by Gasteiger charge is 2.27. The number of pyridine rings is 1. The van der Waals surface area contributed by atoms with Crippen LogP contribution < -0.4 is 4.90 Å². The molecule has 0 saturated heterocycles. The summed E-state index contributed by atoms with van der Waals surface area (Å²) in [7, 11) is 2.10. The lowest BCUT2D eigenvalue weighted by molar-refractivity contribution is 0.888. The van der Waals surface area contributed by atoms with E-state index in [0.29, 0.717) is 0 Å². The molecule has 64 valence electrons. The van der Waals surface area contributed by atoms with E-state index in [1.54, 1.807) is 0 Å². The monoisotopic (exact) mass is 226 g/mol. The number of nitrogens with zero attached hydrogens (tertiary/aromatic N) is 2. The molecule has 0 unspecified atom stereocenters. The normalized spacial score (nSPS) is 16.2. The summed E-state index contributed by atoms with van der Waals surface area (Å²) in [6.45, 7) is 0. The first-order chi connectivity index (χ1) is 5.79. The van der Waals surface area contributed by atoms with Crippen LogP contribution in [0, 0.1) is 0 Å².